The Labute approximate surface area is 428 Å². The summed E-state index contributed by atoms with van der Waals surface area (Å²) in [5.41, 5.74) is 8.65. The quantitative estimate of drug-likeness (QED) is 0.0861. The van der Waals surface area contributed by atoms with Crippen molar-refractivity contribution >= 4 is 92.4 Å². The molecule has 6 aromatic heterocycles. The van der Waals surface area contributed by atoms with Crippen molar-refractivity contribution in [3.05, 3.63) is 162 Å². The van der Waals surface area contributed by atoms with Crippen molar-refractivity contribution in [3.8, 4) is 33.6 Å². The first-order valence-corrected chi connectivity index (χ1v) is 26.5. The summed E-state index contributed by atoms with van der Waals surface area (Å²) in [7, 11) is 0. The molecule has 2 atom stereocenters. The maximum atomic E-state index is 14.0. The fourth-order valence-corrected chi connectivity index (χ4v) is 13.8. The van der Waals surface area contributed by atoms with Crippen molar-refractivity contribution in [2.45, 2.75) is 72.7 Å². The van der Waals surface area contributed by atoms with Crippen LogP contribution < -0.4 is 21.8 Å². The zero-order valence-corrected chi connectivity index (χ0v) is 41.3. The van der Waals surface area contributed by atoms with Gasteiger partial charge in [0.1, 0.15) is 46.4 Å². The lowest BCUT2D eigenvalue weighted by Crippen LogP contribution is -2.29. The van der Waals surface area contributed by atoms with E-state index in [1.165, 1.54) is 32.7 Å². The molecule has 4 N–H and O–H groups in total. The van der Waals surface area contributed by atoms with E-state index in [9.17, 15) is 29.4 Å². The van der Waals surface area contributed by atoms with Crippen molar-refractivity contribution in [2.75, 3.05) is 22.1 Å². The van der Waals surface area contributed by atoms with Gasteiger partial charge in [0, 0.05) is 65.8 Å². The summed E-state index contributed by atoms with van der Waals surface area (Å²) in [4.78, 5) is 63.0. The number of nitrogens with zero attached hydrogens (tertiary/aromatic N) is 6. The van der Waals surface area contributed by atoms with Crippen LogP contribution in [0.5, 0.6) is 0 Å². The number of imidazole rings is 2. The van der Waals surface area contributed by atoms with Gasteiger partial charge in [-0.3, -0.25) is 27.5 Å². The number of hydrogen-bond acceptors (Lipinski definition) is 10. The monoisotopic (exact) mass is 1030 g/mol. The van der Waals surface area contributed by atoms with Crippen LogP contribution >= 0.6 is 46.7 Å². The molecule has 2 aliphatic heterocycles. The van der Waals surface area contributed by atoms with Crippen LogP contribution in [-0.4, -0.2) is 61.6 Å². The summed E-state index contributed by atoms with van der Waals surface area (Å²) < 4.78 is 6.75. The number of fused-ring (bicyclic) bond motifs is 5. The molecule has 4 aliphatic rings. The van der Waals surface area contributed by atoms with Crippen molar-refractivity contribution < 1.29 is 19.8 Å². The summed E-state index contributed by atoms with van der Waals surface area (Å²) in [6.45, 7) is 0.819. The third-order valence-corrected chi connectivity index (χ3v) is 17.0. The number of thioether (sulfide) groups is 2. The summed E-state index contributed by atoms with van der Waals surface area (Å²) in [5.74, 6) is 0.163. The fraction of sp³-hybridized carbons (Fsp3) is 0.222. The highest BCUT2D eigenvalue weighted by atomic mass is 35.5. The molecule has 9 aromatic rings. The lowest BCUT2D eigenvalue weighted by molar-refractivity contribution is -0.141. The first-order valence-electron chi connectivity index (χ1n) is 23.7. The third-order valence-electron chi connectivity index (χ3n) is 14.2. The van der Waals surface area contributed by atoms with Gasteiger partial charge in [-0.2, -0.15) is 0 Å². The molecule has 2 aliphatic carbocycles. The van der Waals surface area contributed by atoms with Crippen LogP contribution in [0.4, 0.5) is 11.6 Å². The number of rotatable bonds is 13. The summed E-state index contributed by atoms with van der Waals surface area (Å²) >= 11 is 16.6. The molecule has 72 heavy (non-hydrogen) atoms. The summed E-state index contributed by atoms with van der Waals surface area (Å²) in [5, 5.41) is 31.8. The van der Waals surface area contributed by atoms with E-state index in [0.717, 1.165) is 69.8 Å². The largest absolute Gasteiger partial charge is 0.480 e. The van der Waals surface area contributed by atoms with Crippen molar-refractivity contribution in [2.24, 2.45) is 0 Å². The normalized spacial score (nSPS) is 17.2. The topological polar surface area (TPSA) is 177 Å². The third kappa shape index (κ3) is 7.48. The first-order chi connectivity index (χ1) is 35.0. The minimum atomic E-state index is -1.03. The molecule has 360 valence electrons. The Morgan fingerprint density at radius 3 is 1.83 bits per heavy atom. The van der Waals surface area contributed by atoms with E-state index in [1.807, 2.05) is 69.6 Å². The summed E-state index contributed by atoms with van der Waals surface area (Å²) in [6, 6.07) is 29.1. The number of nitrogens with one attached hydrogen (secondary N) is 2. The highest BCUT2D eigenvalue weighted by Crippen LogP contribution is 2.53. The van der Waals surface area contributed by atoms with Gasteiger partial charge in [-0.15, -0.1) is 23.5 Å². The molecule has 13 rings (SSSR count). The molecular formula is C54H42Cl2N8O6S2. The molecular weight excluding hydrogens is 992 g/mol. The number of halogens is 2. The van der Waals surface area contributed by atoms with Gasteiger partial charge in [0.2, 0.25) is 0 Å². The van der Waals surface area contributed by atoms with Crippen molar-refractivity contribution in [1.29, 1.82) is 0 Å². The van der Waals surface area contributed by atoms with Crippen LogP contribution in [0.25, 0.3) is 55.7 Å². The Morgan fingerprint density at radius 2 is 1.19 bits per heavy atom. The number of hydrogen-bond donors (Lipinski definition) is 4. The van der Waals surface area contributed by atoms with Crippen LogP contribution in [0.2, 0.25) is 10.0 Å². The van der Waals surface area contributed by atoms with Crippen LogP contribution in [-0.2, 0) is 22.7 Å². The number of carboxylic acid groups (broad SMARTS) is 2. The molecule has 14 nitrogen and oxygen atoms in total. The standard InChI is InChI=1S/C54H42Cl2N8O6S2/c55-31-16-17-41-59-46(37-19-42(65)63-39(53(67)68)25-71-51(63)44(37)28-12-13-28)49(61(41)23-31)58-22-30-8-4-10-34-33(30)9-5-11-35(34)36-18-32(56)24-62-48(36)60-47(50(62)57-21-27-6-2-1-3-7-27)38-20-43(66)64-40(54(69)70)26-72-52(64)45(38)29-14-15-29/h1-11,16-20,23-24,28-29,39-40,57-58H,12-15,21-22,25-26H2,(H,67,68)(H,69,70). The van der Waals surface area contributed by atoms with E-state index in [-0.39, 0.29) is 34.5 Å². The molecule has 2 fully saturated rings. The average Bonchev–Trinajstić information content (AvgIpc) is 4.22. The van der Waals surface area contributed by atoms with Crippen LogP contribution in [0.3, 0.4) is 0 Å². The molecule has 2 unspecified atom stereocenters. The maximum Gasteiger partial charge on any atom is 0.327 e. The van der Waals surface area contributed by atoms with Gasteiger partial charge in [0.25, 0.3) is 11.1 Å². The molecule has 0 radical (unpaired) electrons. The SMILES string of the molecule is O=C(O)C1CSc2c(C3CC3)c(-c3nc4ccc(Cl)cn4c3NCc3cccc4c(-c5cc(Cl)cn6c(NCc7ccccc7)c(-c7cc(=O)n8c(c7C7CC7)SCC8C(=O)O)nc56)cccc34)cc(=O)n21. The number of aliphatic carboxylic acids is 2. The summed E-state index contributed by atoms with van der Waals surface area (Å²) in [6.07, 6.45) is 7.36. The Balaban J connectivity index is 0.935. The van der Waals surface area contributed by atoms with Gasteiger partial charge in [-0.1, -0.05) is 89.9 Å². The Hall–Kier alpha value is -6.98. The Morgan fingerprint density at radius 1 is 0.611 bits per heavy atom. The van der Waals surface area contributed by atoms with Crippen LogP contribution in [0.1, 0.15) is 71.9 Å². The van der Waals surface area contributed by atoms with E-state index in [2.05, 4.69) is 34.9 Å². The zero-order valence-electron chi connectivity index (χ0n) is 38.1. The molecule has 3 aromatic carbocycles. The van der Waals surface area contributed by atoms with Crippen molar-refractivity contribution in [1.82, 2.24) is 27.9 Å². The molecule has 0 amide bonds. The van der Waals surface area contributed by atoms with Gasteiger partial charge in [-0.05, 0) is 94.3 Å². The minimum Gasteiger partial charge on any atom is -0.480 e. The molecule has 2 saturated carbocycles. The number of benzene rings is 3. The lowest BCUT2D eigenvalue weighted by Gasteiger charge is -2.17. The average molecular weight is 1030 g/mol. The van der Waals surface area contributed by atoms with Gasteiger partial charge in [-0.25, -0.2) is 19.6 Å². The number of anilines is 2. The zero-order chi connectivity index (χ0) is 49.1. The van der Waals surface area contributed by atoms with Gasteiger partial charge >= 0.3 is 11.9 Å². The van der Waals surface area contributed by atoms with Crippen molar-refractivity contribution in [3.63, 3.8) is 0 Å². The molecule has 0 saturated heterocycles. The predicted octanol–water partition coefficient (Wildman–Crippen LogP) is 11.2. The molecule has 8 heterocycles. The second-order valence-corrected chi connectivity index (χ2v) is 21.7. The fourth-order valence-electron chi connectivity index (χ4n) is 10.6. The number of aromatic nitrogens is 6. The lowest BCUT2D eigenvalue weighted by atomic mass is 9.96. The minimum absolute atomic E-state index is 0.165. The molecule has 0 spiro atoms. The number of carboxylic acids is 2. The highest BCUT2D eigenvalue weighted by Gasteiger charge is 2.41. The van der Waals surface area contributed by atoms with E-state index in [1.54, 1.807) is 24.4 Å². The Bertz CT molecular complexity index is 3920. The highest BCUT2D eigenvalue weighted by molar-refractivity contribution is 7.99. The van der Waals surface area contributed by atoms with Gasteiger partial charge in [0.05, 0.1) is 20.1 Å². The van der Waals surface area contributed by atoms with E-state index >= 15 is 0 Å². The second kappa shape index (κ2) is 17.4. The number of carbonyl (C=O) groups is 2. The Kier molecular flexibility index (Phi) is 10.8. The maximum absolute atomic E-state index is 14.0. The van der Waals surface area contributed by atoms with Gasteiger partial charge < -0.3 is 20.8 Å². The molecule has 0 bridgehead atoms. The predicted molar refractivity (Wildman–Crippen MR) is 283 cm³/mol. The van der Waals surface area contributed by atoms with Crippen LogP contribution in [0.15, 0.2) is 129 Å². The second-order valence-electron chi connectivity index (χ2n) is 18.8. The smallest absolute Gasteiger partial charge is 0.327 e. The van der Waals surface area contributed by atoms with Crippen LogP contribution in [0, 0.1) is 0 Å². The van der Waals surface area contributed by atoms with Gasteiger partial charge in [0.15, 0.2) is 0 Å². The first kappa shape index (κ1) is 44.9. The molecule has 18 heteroatoms. The van der Waals surface area contributed by atoms with E-state index in [0.29, 0.717) is 78.6 Å². The van der Waals surface area contributed by atoms with E-state index in [4.69, 9.17) is 33.2 Å². The van der Waals surface area contributed by atoms with E-state index < -0.39 is 24.0 Å². The number of pyridine rings is 4.